The van der Waals surface area contributed by atoms with E-state index in [9.17, 15) is 25.5 Å². The minimum Gasteiger partial charge on any atom is -0.393 e. The van der Waals surface area contributed by atoms with Crippen LogP contribution in [0.25, 0.3) is 0 Å². The molecule has 33 heavy (non-hydrogen) atoms. The number of ether oxygens (including phenoxy) is 2. The van der Waals surface area contributed by atoms with Crippen molar-refractivity contribution < 1.29 is 35.0 Å². The second kappa shape index (κ2) is 8.26. The Kier molecular flexibility index (Phi) is 6.05. The molecule has 5 N–H and O–H groups in total. The van der Waals surface area contributed by atoms with Crippen LogP contribution in [-0.4, -0.2) is 74.6 Å². The van der Waals surface area contributed by atoms with Crippen LogP contribution in [0.5, 0.6) is 0 Å². The maximum atomic E-state index is 12.3. The zero-order valence-electron chi connectivity index (χ0n) is 20.2. The van der Waals surface area contributed by atoms with E-state index >= 15 is 0 Å². The number of rotatable bonds is 3. The van der Waals surface area contributed by atoms with Crippen LogP contribution in [-0.2, 0) is 9.47 Å². The van der Waals surface area contributed by atoms with Gasteiger partial charge in [-0.25, -0.2) is 0 Å². The standard InChI is InChI=1S/C26H42O7/c1-14(33-23-22(30)21(29)20(28)13-32-23)17-8-11-26(31)19-5-4-15-12-16(27)6-9-24(15,2)18(19)7-10-25(17,26)3/h4,14,16-23,27-31H,5-13H2,1-3H3. The van der Waals surface area contributed by atoms with Gasteiger partial charge in [0, 0.05) is 5.41 Å². The molecule has 4 aliphatic carbocycles. The van der Waals surface area contributed by atoms with Gasteiger partial charge in [0.05, 0.1) is 24.4 Å². The van der Waals surface area contributed by atoms with Gasteiger partial charge in [0.2, 0.25) is 0 Å². The van der Waals surface area contributed by atoms with Crippen molar-refractivity contribution in [2.75, 3.05) is 6.61 Å². The van der Waals surface area contributed by atoms with E-state index < -0.39 is 30.2 Å². The Labute approximate surface area is 196 Å². The lowest BCUT2D eigenvalue weighted by molar-refractivity contribution is -0.291. The molecule has 188 valence electrons. The predicted octanol–water partition coefficient (Wildman–Crippen LogP) is 1.89. The number of hydrogen-bond acceptors (Lipinski definition) is 7. The van der Waals surface area contributed by atoms with Crippen molar-refractivity contribution in [3.05, 3.63) is 11.6 Å². The van der Waals surface area contributed by atoms with Gasteiger partial charge in [-0.1, -0.05) is 25.5 Å². The van der Waals surface area contributed by atoms with Crippen LogP contribution >= 0.6 is 0 Å². The third kappa shape index (κ3) is 3.49. The van der Waals surface area contributed by atoms with Crippen LogP contribution in [0.15, 0.2) is 11.6 Å². The summed E-state index contributed by atoms with van der Waals surface area (Å²) in [5.41, 5.74) is 0.378. The molecule has 0 aromatic rings. The second-order valence-corrected chi connectivity index (χ2v) is 12.1. The smallest absolute Gasteiger partial charge is 0.186 e. The Morgan fingerprint density at radius 3 is 2.52 bits per heavy atom. The quantitative estimate of drug-likeness (QED) is 0.403. The SMILES string of the molecule is CC(OC1OCC(O)C(O)C1O)C1CCC2(O)C3CC=C4CC(O)CCC4(C)C3CCC12C. The Morgan fingerprint density at radius 2 is 1.76 bits per heavy atom. The van der Waals surface area contributed by atoms with Crippen LogP contribution in [0.2, 0.25) is 0 Å². The van der Waals surface area contributed by atoms with Crippen molar-refractivity contribution in [2.24, 2.45) is 28.6 Å². The van der Waals surface area contributed by atoms with E-state index in [1.165, 1.54) is 5.57 Å². The fraction of sp³-hybridized carbons (Fsp3) is 0.923. The van der Waals surface area contributed by atoms with Crippen LogP contribution in [0.4, 0.5) is 0 Å². The van der Waals surface area contributed by atoms with Crippen molar-refractivity contribution in [1.29, 1.82) is 0 Å². The zero-order valence-corrected chi connectivity index (χ0v) is 20.2. The summed E-state index contributed by atoms with van der Waals surface area (Å²) in [4.78, 5) is 0. The van der Waals surface area contributed by atoms with Gasteiger partial charge in [0.1, 0.15) is 18.3 Å². The van der Waals surface area contributed by atoms with Crippen molar-refractivity contribution in [1.82, 2.24) is 0 Å². The summed E-state index contributed by atoms with van der Waals surface area (Å²) < 4.78 is 11.6. The summed E-state index contributed by atoms with van der Waals surface area (Å²) in [6.07, 6.45) is 4.15. The van der Waals surface area contributed by atoms with E-state index in [4.69, 9.17) is 9.47 Å². The van der Waals surface area contributed by atoms with Crippen molar-refractivity contribution in [2.45, 2.75) is 115 Å². The Morgan fingerprint density at radius 1 is 1.00 bits per heavy atom. The van der Waals surface area contributed by atoms with E-state index in [1.807, 2.05) is 6.92 Å². The third-order valence-corrected chi connectivity index (χ3v) is 10.7. The van der Waals surface area contributed by atoms with Crippen LogP contribution in [0, 0.1) is 28.6 Å². The fourth-order valence-electron chi connectivity index (χ4n) is 8.61. The maximum Gasteiger partial charge on any atom is 0.186 e. The molecular weight excluding hydrogens is 424 g/mol. The van der Waals surface area contributed by atoms with Gasteiger partial charge in [-0.15, -0.1) is 0 Å². The van der Waals surface area contributed by atoms with Gasteiger partial charge in [-0.2, -0.15) is 0 Å². The van der Waals surface area contributed by atoms with Gasteiger partial charge in [0.15, 0.2) is 6.29 Å². The molecule has 1 aliphatic heterocycles. The fourth-order valence-corrected chi connectivity index (χ4v) is 8.61. The number of allylic oxidation sites excluding steroid dienone is 1. The molecule has 7 heteroatoms. The van der Waals surface area contributed by atoms with Gasteiger partial charge < -0.3 is 35.0 Å². The highest BCUT2D eigenvalue weighted by atomic mass is 16.7. The lowest BCUT2D eigenvalue weighted by atomic mass is 9.45. The summed E-state index contributed by atoms with van der Waals surface area (Å²) in [6.45, 7) is 6.47. The molecule has 5 aliphatic rings. The summed E-state index contributed by atoms with van der Waals surface area (Å²) in [7, 11) is 0. The molecule has 1 saturated heterocycles. The Hall–Kier alpha value is -0.540. The van der Waals surface area contributed by atoms with Gasteiger partial charge >= 0.3 is 0 Å². The van der Waals surface area contributed by atoms with Crippen molar-refractivity contribution in [3.63, 3.8) is 0 Å². The average molecular weight is 467 g/mol. The first kappa shape index (κ1) is 24.2. The molecule has 0 radical (unpaired) electrons. The first-order chi connectivity index (χ1) is 15.5. The molecule has 12 atom stereocenters. The summed E-state index contributed by atoms with van der Waals surface area (Å²) >= 11 is 0. The van der Waals surface area contributed by atoms with Crippen LogP contribution in [0.1, 0.15) is 72.1 Å². The lowest BCUT2D eigenvalue weighted by Crippen LogP contribution is -2.61. The highest BCUT2D eigenvalue weighted by Gasteiger charge is 2.67. The average Bonchev–Trinajstić information content (AvgIpc) is 3.06. The van der Waals surface area contributed by atoms with Crippen LogP contribution < -0.4 is 0 Å². The third-order valence-electron chi connectivity index (χ3n) is 10.7. The molecule has 1 heterocycles. The first-order valence-corrected chi connectivity index (χ1v) is 12.9. The molecule has 3 saturated carbocycles. The van der Waals surface area contributed by atoms with E-state index in [1.54, 1.807) is 0 Å². The number of fused-ring (bicyclic) bond motifs is 5. The van der Waals surface area contributed by atoms with Crippen molar-refractivity contribution >= 4 is 0 Å². The molecule has 0 bridgehead atoms. The summed E-state index contributed by atoms with van der Waals surface area (Å²) in [6, 6.07) is 0. The van der Waals surface area contributed by atoms with Crippen LogP contribution in [0.3, 0.4) is 0 Å². The van der Waals surface area contributed by atoms with E-state index in [-0.39, 0.29) is 41.5 Å². The monoisotopic (exact) mass is 466 g/mol. The highest BCUT2D eigenvalue weighted by Crippen LogP contribution is 2.68. The molecule has 0 aromatic carbocycles. The minimum absolute atomic E-state index is 0.0659. The van der Waals surface area contributed by atoms with Gasteiger partial charge in [-0.05, 0) is 81.5 Å². The molecule has 0 amide bonds. The zero-order chi connectivity index (χ0) is 23.8. The predicted molar refractivity (Wildman–Crippen MR) is 121 cm³/mol. The number of hydrogen-bond donors (Lipinski definition) is 5. The maximum absolute atomic E-state index is 12.3. The normalized spacial score (nSPS) is 55.2. The first-order valence-electron chi connectivity index (χ1n) is 12.9. The van der Waals surface area contributed by atoms with E-state index in [0.29, 0.717) is 5.92 Å². The molecule has 0 aromatic heterocycles. The topological polar surface area (TPSA) is 120 Å². The number of aliphatic hydroxyl groups excluding tert-OH is 4. The Bertz CT molecular complexity index is 787. The molecule has 5 rings (SSSR count). The summed E-state index contributed by atoms with van der Waals surface area (Å²) in [5.74, 6) is 0.735. The van der Waals surface area contributed by atoms with Crippen molar-refractivity contribution in [3.8, 4) is 0 Å². The van der Waals surface area contributed by atoms with E-state index in [0.717, 1.165) is 51.4 Å². The molecule has 7 nitrogen and oxygen atoms in total. The lowest BCUT2D eigenvalue weighted by Gasteiger charge is -2.61. The van der Waals surface area contributed by atoms with Gasteiger partial charge in [-0.3, -0.25) is 0 Å². The molecule has 4 fully saturated rings. The minimum atomic E-state index is -1.30. The number of aliphatic hydroxyl groups is 5. The highest BCUT2D eigenvalue weighted by molar-refractivity contribution is 5.28. The molecule has 0 spiro atoms. The molecule has 12 unspecified atom stereocenters. The largest absolute Gasteiger partial charge is 0.393 e. The van der Waals surface area contributed by atoms with Gasteiger partial charge in [0.25, 0.3) is 0 Å². The molecular formula is C26H42O7. The van der Waals surface area contributed by atoms with E-state index in [2.05, 4.69) is 19.9 Å². The second-order valence-electron chi connectivity index (χ2n) is 12.1. The summed E-state index contributed by atoms with van der Waals surface area (Å²) in [5, 5.41) is 52.6. The Balaban J connectivity index is 1.35.